The molecule has 0 saturated carbocycles. The third-order valence-corrected chi connectivity index (χ3v) is 4.42. The van der Waals surface area contributed by atoms with Gasteiger partial charge in [0.1, 0.15) is 5.69 Å². The van der Waals surface area contributed by atoms with Crippen LogP contribution in [0.1, 0.15) is 61.8 Å². The number of rotatable bonds is 7. The number of carbonyl (C=O) groups is 2. The van der Waals surface area contributed by atoms with Crippen LogP contribution >= 0.6 is 0 Å². The standard InChI is InChI=1S/C16H25N3O4/c1-4-12(5-2)19-11(3)8-13(18-19)15(22)17-16(9-14(20)21)6-7-23-10-16/h8,12H,4-7,9-10H2,1-3H3,(H,17,22)(H,20,21). The van der Waals surface area contributed by atoms with E-state index in [0.29, 0.717) is 18.7 Å². The molecule has 23 heavy (non-hydrogen) atoms. The number of carboxylic acid groups (broad SMARTS) is 1. The van der Waals surface area contributed by atoms with E-state index in [4.69, 9.17) is 9.84 Å². The van der Waals surface area contributed by atoms with Gasteiger partial charge in [0.05, 0.1) is 24.6 Å². The quantitative estimate of drug-likeness (QED) is 0.799. The number of aliphatic carboxylic acids is 1. The highest BCUT2D eigenvalue weighted by molar-refractivity contribution is 5.93. The average molecular weight is 323 g/mol. The van der Waals surface area contributed by atoms with Crippen molar-refractivity contribution in [1.82, 2.24) is 15.1 Å². The van der Waals surface area contributed by atoms with Crippen molar-refractivity contribution in [3.8, 4) is 0 Å². The molecular weight excluding hydrogens is 298 g/mol. The van der Waals surface area contributed by atoms with Crippen molar-refractivity contribution in [1.29, 1.82) is 0 Å². The van der Waals surface area contributed by atoms with Crippen LogP contribution in [0.25, 0.3) is 0 Å². The number of aryl methyl sites for hydroxylation is 1. The number of hydrogen-bond donors (Lipinski definition) is 2. The number of hydrogen-bond acceptors (Lipinski definition) is 4. The lowest BCUT2D eigenvalue weighted by atomic mass is 9.94. The fraction of sp³-hybridized carbons (Fsp3) is 0.688. The largest absolute Gasteiger partial charge is 0.481 e. The molecule has 0 radical (unpaired) electrons. The number of carbonyl (C=O) groups excluding carboxylic acids is 1. The fourth-order valence-corrected chi connectivity index (χ4v) is 3.09. The minimum atomic E-state index is -0.950. The minimum Gasteiger partial charge on any atom is -0.481 e. The summed E-state index contributed by atoms with van der Waals surface area (Å²) in [6, 6.07) is 2.01. The molecule has 0 spiro atoms. The van der Waals surface area contributed by atoms with Gasteiger partial charge in [0, 0.05) is 12.3 Å². The van der Waals surface area contributed by atoms with Crippen LogP contribution in [-0.2, 0) is 9.53 Å². The zero-order chi connectivity index (χ0) is 17.0. The van der Waals surface area contributed by atoms with Crippen LogP contribution in [-0.4, -0.2) is 45.5 Å². The van der Waals surface area contributed by atoms with Gasteiger partial charge in [-0.05, 0) is 32.3 Å². The second kappa shape index (κ2) is 7.12. The Kier molecular flexibility index (Phi) is 5.41. The van der Waals surface area contributed by atoms with Crippen molar-refractivity contribution < 1.29 is 19.4 Å². The first-order valence-electron chi connectivity index (χ1n) is 8.09. The van der Waals surface area contributed by atoms with Crippen molar-refractivity contribution in [3.63, 3.8) is 0 Å². The zero-order valence-corrected chi connectivity index (χ0v) is 14.0. The molecule has 0 aromatic carbocycles. The predicted octanol–water partition coefficient (Wildman–Crippen LogP) is 1.92. The Morgan fingerprint density at radius 1 is 1.48 bits per heavy atom. The van der Waals surface area contributed by atoms with E-state index < -0.39 is 11.5 Å². The summed E-state index contributed by atoms with van der Waals surface area (Å²) < 4.78 is 7.18. The molecule has 1 aromatic heterocycles. The van der Waals surface area contributed by atoms with Crippen LogP contribution in [0, 0.1) is 6.92 Å². The normalized spacial score (nSPS) is 20.9. The number of amides is 1. The average Bonchev–Trinajstić information content (AvgIpc) is 3.08. The summed E-state index contributed by atoms with van der Waals surface area (Å²) in [7, 11) is 0. The van der Waals surface area contributed by atoms with Crippen LogP contribution < -0.4 is 5.32 Å². The van der Waals surface area contributed by atoms with Crippen LogP contribution in [0.3, 0.4) is 0 Å². The van der Waals surface area contributed by atoms with Crippen LogP contribution in [0.4, 0.5) is 0 Å². The minimum absolute atomic E-state index is 0.148. The lowest BCUT2D eigenvalue weighted by molar-refractivity contribution is -0.138. The van der Waals surface area contributed by atoms with Gasteiger partial charge in [-0.15, -0.1) is 0 Å². The number of carboxylic acids is 1. The van der Waals surface area contributed by atoms with E-state index in [2.05, 4.69) is 24.3 Å². The van der Waals surface area contributed by atoms with E-state index in [9.17, 15) is 9.59 Å². The van der Waals surface area contributed by atoms with Gasteiger partial charge >= 0.3 is 5.97 Å². The molecule has 128 valence electrons. The third kappa shape index (κ3) is 3.90. The van der Waals surface area contributed by atoms with Gasteiger partial charge in [0.2, 0.25) is 0 Å². The second-order valence-corrected chi connectivity index (χ2v) is 6.19. The van der Waals surface area contributed by atoms with Crippen molar-refractivity contribution in [3.05, 3.63) is 17.5 Å². The van der Waals surface area contributed by atoms with Gasteiger partial charge in [0.25, 0.3) is 5.91 Å². The SMILES string of the molecule is CCC(CC)n1nc(C(=O)NC2(CC(=O)O)CCOC2)cc1C. The Labute approximate surface area is 136 Å². The third-order valence-electron chi connectivity index (χ3n) is 4.42. The van der Waals surface area contributed by atoms with E-state index in [1.165, 1.54) is 0 Å². The Bertz CT molecular complexity index is 572. The molecule has 2 heterocycles. The smallest absolute Gasteiger partial charge is 0.305 e. The molecule has 1 atom stereocenters. The van der Waals surface area contributed by atoms with Crippen LogP contribution in [0.2, 0.25) is 0 Å². The van der Waals surface area contributed by atoms with Gasteiger partial charge in [-0.3, -0.25) is 14.3 Å². The molecule has 1 aliphatic heterocycles. The number of nitrogens with one attached hydrogen (secondary N) is 1. The molecule has 1 fully saturated rings. The molecule has 7 heteroatoms. The van der Waals surface area contributed by atoms with Gasteiger partial charge in [-0.1, -0.05) is 13.8 Å². The zero-order valence-electron chi connectivity index (χ0n) is 14.0. The molecule has 1 aliphatic rings. The Morgan fingerprint density at radius 2 is 2.17 bits per heavy atom. The van der Waals surface area contributed by atoms with Gasteiger partial charge in [0.15, 0.2) is 0 Å². The van der Waals surface area contributed by atoms with Crippen molar-refractivity contribution >= 4 is 11.9 Å². The Balaban J connectivity index is 2.17. The van der Waals surface area contributed by atoms with E-state index in [1.807, 2.05) is 11.6 Å². The maximum absolute atomic E-state index is 12.5. The van der Waals surface area contributed by atoms with Gasteiger partial charge < -0.3 is 15.2 Å². The fourth-order valence-electron chi connectivity index (χ4n) is 3.09. The van der Waals surface area contributed by atoms with Crippen molar-refractivity contribution in [2.45, 2.75) is 58.0 Å². The highest BCUT2D eigenvalue weighted by Crippen LogP contribution is 2.24. The summed E-state index contributed by atoms with van der Waals surface area (Å²) in [6.07, 6.45) is 2.23. The lowest BCUT2D eigenvalue weighted by Crippen LogP contribution is -2.50. The van der Waals surface area contributed by atoms with Crippen LogP contribution in [0.15, 0.2) is 6.07 Å². The Hall–Kier alpha value is -1.89. The molecule has 1 aromatic rings. The highest BCUT2D eigenvalue weighted by Gasteiger charge is 2.39. The Morgan fingerprint density at radius 3 is 2.70 bits per heavy atom. The monoisotopic (exact) mass is 323 g/mol. The van der Waals surface area contributed by atoms with Crippen molar-refractivity contribution in [2.75, 3.05) is 13.2 Å². The molecule has 0 aliphatic carbocycles. The predicted molar refractivity (Wildman–Crippen MR) is 84.5 cm³/mol. The molecule has 7 nitrogen and oxygen atoms in total. The molecular formula is C16H25N3O4. The van der Waals surface area contributed by atoms with E-state index >= 15 is 0 Å². The summed E-state index contributed by atoms with van der Waals surface area (Å²) in [4.78, 5) is 23.6. The maximum atomic E-state index is 12.5. The molecule has 2 rings (SSSR count). The van der Waals surface area contributed by atoms with Crippen molar-refractivity contribution in [2.24, 2.45) is 0 Å². The highest BCUT2D eigenvalue weighted by atomic mass is 16.5. The summed E-state index contributed by atoms with van der Waals surface area (Å²) in [5.74, 6) is -1.29. The molecule has 0 bridgehead atoms. The first-order valence-corrected chi connectivity index (χ1v) is 8.09. The lowest BCUT2D eigenvalue weighted by Gasteiger charge is -2.26. The molecule has 1 amide bonds. The summed E-state index contributed by atoms with van der Waals surface area (Å²) in [6.45, 7) is 6.78. The summed E-state index contributed by atoms with van der Waals surface area (Å²) in [5.41, 5.74) is 0.417. The number of nitrogens with zero attached hydrogens (tertiary/aromatic N) is 2. The summed E-state index contributed by atoms with van der Waals surface area (Å²) in [5, 5.41) is 16.3. The number of aromatic nitrogens is 2. The van der Waals surface area contributed by atoms with Crippen LogP contribution in [0.5, 0.6) is 0 Å². The first kappa shape index (κ1) is 17.5. The molecule has 1 unspecified atom stereocenters. The van der Waals surface area contributed by atoms with Gasteiger partial charge in [-0.2, -0.15) is 5.10 Å². The first-order chi connectivity index (χ1) is 10.9. The second-order valence-electron chi connectivity index (χ2n) is 6.19. The maximum Gasteiger partial charge on any atom is 0.305 e. The topological polar surface area (TPSA) is 93.5 Å². The summed E-state index contributed by atoms with van der Waals surface area (Å²) >= 11 is 0. The van der Waals surface area contributed by atoms with E-state index in [0.717, 1.165) is 18.5 Å². The molecule has 1 saturated heterocycles. The van der Waals surface area contributed by atoms with E-state index in [1.54, 1.807) is 6.07 Å². The molecule has 2 N–H and O–H groups in total. The number of ether oxygens (including phenoxy) is 1. The van der Waals surface area contributed by atoms with E-state index in [-0.39, 0.29) is 25.0 Å². The van der Waals surface area contributed by atoms with Gasteiger partial charge in [-0.25, -0.2) is 0 Å².